The van der Waals surface area contributed by atoms with E-state index in [0.717, 1.165) is 33.4 Å². The normalized spacial score (nSPS) is 15.3. The molecule has 5 heteroatoms. The Morgan fingerprint density at radius 3 is 1.93 bits per heavy atom. The number of hydrogen-bond acceptors (Lipinski definition) is 3. The molecule has 1 N–H and O–H groups in total. The van der Waals surface area contributed by atoms with Gasteiger partial charge in [0.1, 0.15) is 11.6 Å². The average Bonchev–Trinajstić information content (AvgIpc) is 3.60. The van der Waals surface area contributed by atoms with Crippen LogP contribution < -0.4 is 0 Å². The van der Waals surface area contributed by atoms with Crippen LogP contribution in [0.25, 0.3) is 83.9 Å². The van der Waals surface area contributed by atoms with Crippen LogP contribution in [0.15, 0.2) is 158 Å². The van der Waals surface area contributed by atoms with Gasteiger partial charge in [-0.25, -0.2) is 4.98 Å². The predicted octanol–water partition coefficient (Wildman–Crippen LogP) is 17.1. The fourth-order valence-corrected chi connectivity index (χ4v) is 8.80. The van der Waals surface area contributed by atoms with Crippen molar-refractivity contribution in [2.24, 2.45) is 0 Å². The van der Waals surface area contributed by atoms with Gasteiger partial charge < -0.3 is 5.11 Å². The maximum Gasteiger partial charge on any atom is 0.148 e. The summed E-state index contributed by atoms with van der Waals surface area (Å²) in [6.45, 7) is 2.14. The molecule has 0 atom stereocenters. The summed E-state index contributed by atoms with van der Waals surface area (Å²) in [4.78, 5) is 10.3. The van der Waals surface area contributed by atoms with E-state index in [1.165, 1.54) is 24.3 Å². The summed E-state index contributed by atoms with van der Waals surface area (Å²) in [5.74, 6) is 0.613. The molecule has 0 bridgehead atoms. The van der Waals surface area contributed by atoms with Crippen LogP contribution in [0.3, 0.4) is 0 Å². The van der Waals surface area contributed by atoms with E-state index in [0.29, 0.717) is 67.2 Å². The van der Waals surface area contributed by atoms with Crippen molar-refractivity contribution in [1.82, 2.24) is 14.5 Å². The summed E-state index contributed by atoms with van der Waals surface area (Å²) >= 11 is 0. The van der Waals surface area contributed by atoms with Crippen molar-refractivity contribution in [2.75, 3.05) is 0 Å². The Labute approximate surface area is 435 Å². The first-order valence-electron chi connectivity index (χ1n) is 28.8. The minimum atomic E-state index is -3.40. The Hall–Kier alpha value is -6.35. The van der Waals surface area contributed by atoms with Gasteiger partial charge in [-0.1, -0.05) is 200 Å². The Morgan fingerprint density at radius 1 is 0.588 bits per heavy atom. The average molecular weight is 1080 g/mol. The number of hydrogen-bond donors (Lipinski definition) is 1. The molecule has 2 heterocycles. The first-order valence-corrected chi connectivity index (χ1v) is 22.8. The smallest absolute Gasteiger partial charge is 0.148 e. The van der Waals surface area contributed by atoms with Crippen LogP contribution in [0.4, 0.5) is 0 Å². The van der Waals surface area contributed by atoms with Gasteiger partial charge in [0.15, 0.2) is 0 Å². The van der Waals surface area contributed by atoms with E-state index in [2.05, 4.69) is 58.9 Å². The van der Waals surface area contributed by atoms with Crippen molar-refractivity contribution < 1.29 is 42.6 Å². The summed E-state index contributed by atoms with van der Waals surface area (Å²) in [7, 11) is 0. The zero-order chi connectivity index (χ0) is 57.4. The number of imidazole rings is 1. The first kappa shape index (κ1) is 34.9. The van der Waals surface area contributed by atoms with E-state index in [9.17, 15) is 5.11 Å². The van der Waals surface area contributed by atoms with Gasteiger partial charge in [-0.05, 0) is 104 Å². The molecule has 0 aliphatic rings. The molecule has 0 saturated carbocycles. The van der Waals surface area contributed by atoms with Crippen LogP contribution >= 0.6 is 0 Å². The zero-order valence-corrected chi connectivity index (χ0v) is 41.5. The summed E-state index contributed by atoms with van der Waals surface area (Å²) in [5.41, 5.74) is 8.85. The standard InChI is InChI=1S/C63H62N3O.Pt/c1-39(2)46-36-53(40(3)4)60(67)55(37-46)61-65-59-52(18-15-19-58(59)66(61)57-29-20-41(5)32-54(57)44-23-27-51(28-24-44)63(9,10)11)48-33-47(42-16-13-12-14-17-42)34-49(35-48)56-38-45(30-31-64-56)43-21-25-50(26-22-43)62(6,7)8;/h12-34,36-40,67H,1-11H3;/q-1;/i5D3,6D3,7D3,8D3;. The Bertz CT molecular complexity index is 3680. The summed E-state index contributed by atoms with van der Waals surface area (Å²) in [6.07, 6.45) is 1.63. The minimum absolute atomic E-state index is 0. The van der Waals surface area contributed by atoms with Crippen LogP contribution in [0.5, 0.6) is 5.75 Å². The molecule has 0 fully saturated rings. The number of aryl methyl sites for hydroxylation is 1. The molecular formula is C63H62N3OPt-. The van der Waals surface area contributed by atoms with Crippen LogP contribution in [-0.4, -0.2) is 19.6 Å². The number of aromatic hydroxyl groups is 1. The van der Waals surface area contributed by atoms with Gasteiger partial charge in [0.05, 0.1) is 22.3 Å². The molecule has 0 radical (unpaired) electrons. The maximum absolute atomic E-state index is 12.4. The van der Waals surface area contributed by atoms with E-state index in [1.54, 1.807) is 24.4 Å². The molecule has 0 aliphatic heterocycles. The number of fused-ring (bicyclic) bond motifs is 1. The van der Waals surface area contributed by atoms with Crippen molar-refractivity contribution in [2.45, 2.75) is 98.5 Å². The van der Waals surface area contributed by atoms with Crippen LogP contribution in [0, 0.1) is 12.9 Å². The minimum Gasteiger partial charge on any atom is -0.507 e. The van der Waals surface area contributed by atoms with Gasteiger partial charge in [0.25, 0.3) is 0 Å². The third-order valence-corrected chi connectivity index (χ3v) is 12.6. The molecule has 68 heavy (non-hydrogen) atoms. The summed E-state index contributed by atoms with van der Waals surface area (Å²) in [6, 6.07) is 50.1. The Balaban J connectivity index is 0.00000841. The molecule has 9 aromatic rings. The zero-order valence-electron chi connectivity index (χ0n) is 51.3. The van der Waals surface area contributed by atoms with Crippen LogP contribution in [0.1, 0.15) is 125 Å². The summed E-state index contributed by atoms with van der Waals surface area (Å²) in [5, 5.41) is 12.4. The van der Waals surface area contributed by atoms with E-state index >= 15 is 0 Å². The van der Waals surface area contributed by atoms with Crippen molar-refractivity contribution in [1.29, 1.82) is 0 Å². The van der Waals surface area contributed by atoms with E-state index in [-0.39, 0.29) is 55.2 Å². The third-order valence-electron chi connectivity index (χ3n) is 12.6. The Morgan fingerprint density at radius 2 is 1.26 bits per heavy atom. The molecule has 0 unspecified atom stereocenters. The van der Waals surface area contributed by atoms with Gasteiger partial charge in [-0.2, -0.15) is 0 Å². The number of aromatic nitrogens is 3. The van der Waals surface area contributed by atoms with E-state index in [4.69, 9.17) is 26.4 Å². The molecule has 9 rings (SSSR count). The van der Waals surface area contributed by atoms with E-state index in [1.807, 2.05) is 109 Å². The second-order valence-electron chi connectivity index (χ2n) is 19.1. The second kappa shape index (κ2) is 19.0. The number of phenolic OH excluding ortho intramolecular Hbond substituents is 1. The number of nitrogens with zero attached hydrogens (tertiary/aromatic N) is 3. The molecular weight excluding hydrogens is 1010 g/mol. The van der Waals surface area contributed by atoms with Crippen molar-refractivity contribution in [3.63, 3.8) is 0 Å². The van der Waals surface area contributed by atoms with E-state index < -0.39 is 32.8 Å². The summed E-state index contributed by atoms with van der Waals surface area (Å²) < 4.78 is 102. The molecule has 0 aliphatic carbocycles. The number of para-hydroxylation sites is 1. The number of phenols is 1. The van der Waals surface area contributed by atoms with Gasteiger partial charge in [-0.15, -0.1) is 23.8 Å². The van der Waals surface area contributed by atoms with Gasteiger partial charge in [0, 0.05) is 55.0 Å². The quantitative estimate of drug-likeness (QED) is 0.147. The third kappa shape index (κ3) is 9.54. The predicted molar refractivity (Wildman–Crippen MR) is 282 cm³/mol. The molecule has 0 saturated heterocycles. The van der Waals surface area contributed by atoms with Gasteiger partial charge >= 0.3 is 0 Å². The van der Waals surface area contributed by atoms with Gasteiger partial charge in [0.2, 0.25) is 0 Å². The van der Waals surface area contributed by atoms with Crippen molar-refractivity contribution >= 4 is 11.0 Å². The van der Waals surface area contributed by atoms with Crippen molar-refractivity contribution in [3.05, 3.63) is 192 Å². The molecule has 346 valence electrons. The monoisotopic (exact) mass is 1080 g/mol. The van der Waals surface area contributed by atoms with Crippen LogP contribution in [0.2, 0.25) is 0 Å². The fourth-order valence-electron chi connectivity index (χ4n) is 8.80. The molecule has 4 nitrogen and oxygen atoms in total. The topological polar surface area (TPSA) is 50.9 Å². The molecule has 0 amide bonds. The first-order chi connectivity index (χ1) is 36.9. The van der Waals surface area contributed by atoms with Crippen LogP contribution in [-0.2, 0) is 31.9 Å². The molecule has 7 aromatic carbocycles. The number of rotatable bonds is 9. The largest absolute Gasteiger partial charge is 0.507 e. The van der Waals surface area contributed by atoms with Gasteiger partial charge in [-0.3, -0.25) is 9.55 Å². The number of benzene rings is 7. The number of pyridine rings is 1. The molecule has 0 spiro atoms. The Kier molecular flexibility index (Phi) is 9.73. The maximum atomic E-state index is 12.4. The molecule has 2 aromatic heterocycles. The van der Waals surface area contributed by atoms with Crippen molar-refractivity contribution in [3.8, 4) is 78.6 Å². The second-order valence-corrected chi connectivity index (χ2v) is 19.1. The SMILES string of the molecule is [2H]C([2H])([2H])c1ccc(-n2c(-c3cc(C(C)C)cc(C(C)C)c3O)nc3c(-c4[c-]c(-c5cc(-c6ccc(C(C([2H])([2H])[2H])(C([2H])([2H])[2H])C([2H])([2H])[2H])cc6)ccn5)cc(-c5ccccc5)c4)cccc32)c(-c2ccc(C(C)(C)C)cc2)c1.[Pt]. The fraction of sp³-hybridized carbons (Fsp3) is 0.238.